The lowest BCUT2D eigenvalue weighted by Gasteiger charge is -2.22. The fourth-order valence-electron chi connectivity index (χ4n) is 3.73. The molecule has 2 amide bonds. The van der Waals surface area contributed by atoms with E-state index < -0.39 is 12.0 Å². The second-order valence-corrected chi connectivity index (χ2v) is 6.32. The van der Waals surface area contributed by atoms with Gasteiger partial charge in [0.05, 0.1) is 0 Å². The summed E-state index contributed by atoms with van der Waals surface area (Å²) in [7, 11) is 0. The van der Waals surface area contributed by atoms with E-state index in [1.807, 2.05) is 6.92 Å². The van der Waals surface area contributed by atoms with Crippen molar-refractivity contribution in [1.82, 2.24) is 10.6 Å². The third kappa shape index (κ3) is 3.87. The number of hydrogen-bond acceptors (Lipinski definition) is 2. The van der Waals surface area contributed by atoms with Crippen LogP contribution in [0.2, 0.25) is 0 Å². The van der Waals surface area contributed by atoms with Crippen LogP contribution < -0.4 is 10.6 Å². The van der Waals surface area contributed by atoms with Gasteiger partial charge < -0.3 is 15.7 Å². The minimum atomic E-state index is -0.950. The highest BCUT2D eigenvalue weighted by atomic mass is 16.4. The number of aliphatic carboxylic acids is 1. The van der Waals surface area contributed by atoms with E-state index in [4.69, 9.17) is 5.11 Å². The van der Waals surface area contributed by atoms with Gasteiger partial charge in [0.1, 0.15) is 6.04 Å². The topological polar surface area (TPSA) is 78.4 Å². The molecule has 2 bridgehead atoms. The number of fused-ring (bicyclic) bond motifs is 2. The molecule has 114 valence electrons. The lowest BCUT2D eigenvalue weighted by Crippen LogP contribution is -2.47. The highest BCUT2D eigenvalue weighted by Crippen LogP contribution is 2.47. The van der Waals surface area contributed by atoms with E-state index in [2.05, 4.69) is 10.6 Å². The third-order valence-corrected chi connectivity index (χ3v) is 4.86. The molecule has 0 aromatic heterocycles. The molecule has 20 heavy (non-hydrogen) atoms. The largest absolute Gasteiger partial charge is 0.480 e. The number of hydrogen-bond donors (Lipinski definition) is 3. The number of rotatable bonds is 7. The second-order valence-electron chi connectivity index (χ2n) is 6.32. The first-order chi connectivity index (χ1) is 9.60. The van der Waals surface area contributed by atoms with E-state index in [0.717, 1.165) is 24.7 Å². The molecule has 2 aliphatic rings. The normalized spacial score (nSPS) is 29.1. The van der Waals surface area contributed by atoms with Gasteiger partial charge in [-0.1, -0.05) is 26.2 Å². The van der Waals surface area contributed by atoms with Gasteiger partial charge >= 0.3 is 12.0 Å². The Morgan fingerprint density at radius 3 is 2.65 bits per heavy atom. The number of urea groups is 1. The number of carbonyl (C=O) groups excluding carboxylic acids is 1. The molecule has 0 aromatic rings. The Hall–Kier alpha value is -1.26. The summed E-state index contributed by atoms with van der Waals surface area (Å²) < 4.78 is 0. The van der Waals surface area contributed by atoms with Crippen molar-refractivity contribution in [1.29, 1.82) is 0 Å². The molecule has 5 nitrogen and oxygen atoms in total. The predicted molar refractivity (Wildman–Crippen MR) is 76.4 cm³/mol. The molecule has 0 aliphatic heterocycles. The van der Waals surface area contributed by atoms with E-state index >= 15 is 0 Å². The molecule has 3 unspecified atom stereocenters. The first kappa shape index (κ1) is 15.1. The maximum absolute atomic E-state index is 11.8. The molecule has 0 radical (unpaired) electrons. The molecule has 2 fully saturated rings. The number of carbonyl (C=O) groups is 2. The van der Waals surface area contributed by atoms with E-state index in [-0.39, 0.29) is 6.03 Å². The van der Waals surface area contributed by atoms with Crippen molar-refractivity contribution in [2.75, 3.05) is 6.54 Å². The van der Waals surface area contributed by atoms with Gasteiger partial charge in [0.15, 0.2) is 0 Å². The average Bonchev–Trinajstić information content (AvgIpc) is 3.03. The van der Waals surface area contributed by atoms with Gasteiger partial charge in [0, 0.05) is 6.54 Å². The van der Waals surface area contributed by atoms with Crippen molar-refractivity contribution in [2.24, 2.45) is 17.8 Å². The summed E-state index contributed by atoms with van der Waals surface area (Å²) in [6.07, 6.45) is 7.43. The molecule has 4 atom stereocenters. The first-order valence-electron chi connectivity index (χ1n) is 7.87. The van der Waals surface area contributed by atoms with Gasteiger partial charge in [-0.15, -0.1) is 0 Å². The van der Waals surface area contributed by atoms with Crippen LogP contribution >= 0.6 is 0 Å². The van der Waals surface area contributed by atoms with Gasteiger partial charge in [-0.2, -0.15) is 0 Å². The van der Waals surface area contributed by atoms with Crippen molar-refractivity contribution < 1.29 is 14.7 Å². The Labute approximate surface area is 120 Å². The standard InChI is InChI=1S/C15H26N2O3/c1-2-3-4-13(14(18)19)17-15(20)16-9-12-8-10-5-6-11(12)7-10/h10-13H,2-9H2,1H3,(H,18,19)(H2,16,17,20)/t10?,11?,12?,13-/m0/s1. The van der Waals surface area contributed by atoms with Crippen LogP contribution in [0, 0.1) is 17.8 Å². The van der Waals surface area contributed by atoms with E-state index in [1.165, 1.54) is 25.7 Å². The maximum Gasteiger partial charge on any atom is 0.326 e. The van der Waals surface area contributed by atoms with Crippen LogP contribution in [-0.2, 0) is 4.79 Å². The van der Waals surface area contributed by atoms with Gasteiger partial charge in [-0.05, 0) is 43.4 Å². The van der Waals surface area contributed by atoms with Crippen molar-refractivity contribution in [2.45, 2.75) is 57.9 Å². The molecule has 0 spiro atoms. The summed E-state index contributed by atoms with van der Waals surface area (Å²) in [6, 6.07) is -1.11. The van der Waals surface area contributed by atoms with Crippen LogP contribution in [0.1, 0.15) is 51.9 Å². The van der Waals surface area contributed by atoms with Crippen LogP contribution in [0.15, 0.2) is 0 Å². The molecule has 0 aromatic carbocycles. The predicted octanol–water partition coefficient (Wildman–Crippen LogP) is 2.37. The fourth-order valence-corrected chi connectivity index (χ4v) is 3.73. The molecule has 0 heterocycles. The minimum absolute atomic E-state index is 0.337. The highest BCUT2D eigenvalue weighted by molar-refractivity contribution is 5.82. The Kier molecular flexibility index (Phi) is 5.26. The highest BCUT2D eigenvalue weighted by Gasteiger charge is 2.39. The van der Waals surface area contributed by atoms with Crippen LogP contribution in [0.3, 0.4) is 0 Å². The van der Waals surface area contributed by atoms with Crippen molar-refractivity contribution in [3.8, 4) is 0 Å². The van der Waals surface area contributed by atoms with Gasteiger partial charge in [0.2, 0.25) is 0 Å². The molecule has 3 N–H and O–H groups in total. The zero-order valence-electron chi connectivity index (χ0n) is 12.2. The van der Waals surface area contributed by atoms with Gasteiger partial charge in [-0.3, -0.25) is 0 Å². The molecular weight excluding hydrogens is 256 g/mol. The molecule has 5 heteroatoms. The smallest absolute Gasteiger partial charge is 0.326 e. The Morgan fingerprint density at radius 1 is 1.30 bits per heavy atom. The van der Waals surface area contributed by atoms with E-state index in [9.17, 15) is 9.59 Å². The van der Waals surface area contributed by atoms with Crippen molar-refractivity contribution in [3.63, 3.8) is 0 Å². The Morgan fingerprint density at radius 2 is 2.10 bits per heavy atom. The van der Waals surface area contributed by atoms with Crippen LogP contribution in [0.5, 0.6) is 0 Å². The summed E-state index contributed by atoms with van der Waals surface area (Å²) in [5, 5.41) is 14.5. The number of unbranched alkanes of at least 4 members (excludes halogenated alkanes) is 1. The van der Waals surface area contributed by atoms with E-state index in [0.29, 0.717) is 18.9 Å². The lowest BCUT2D eigenvalue weighted by molar-refractivity contribution is -0.139. The Balaban J connectivity index is 1.69. The second kappa shape index (κ2) is 6.95. The summed E-state index contributed by atoms with van der Waals surface area (Å²) in [5.41, 5.74) is 0. The van der Waals surface area contributed by atoms with Gasteiger partial charge in [0.25, 0.3) is 0 Å². The quantitative estimate of drug-likeness (QED) is 0.670. The lowest BCUT2D eigenvalue weighted by atomic mass is 9.89. The van der Waals surface area contributed by atoms with Crippen molar-refractivity contribution in [3.05, 3.63) is 0 Å². The monoisotopic (exact) mass is 282 g/mol. The fraction of sp³-hybridized carbons (Fsp3) is 0.867. The summed E-state index contributed by atoms with van der Waals surface area (Å²) in [4.78, 5) is 22.9. The van der Waals surface area contributed by atoms with Crippen molar-refractivity contribution >= 4 is 12.0 Å². The van der Waals surface area contributed by atoms with Gasteiger partial charge in [-0.25, -0.2) is 9.59 Å². The molecule has 0 saturated heterocycles. The third-order valence-electron chi connectivity index (χ3n) is 4.86. The first-order valence-corrected chi connectivity index (χ1v) is 7.87. The molecule has 2 rings (SSSR count). The van der Waals surface area contributed by atoms with E-state index in [1.54, 1.807) is 0 Å². The summed E-state index contributed by atoms with van der Waals surface area (Å²) in [5.74, 6) is 1.29. The zero-order chi connectivity index (χ0) is 14.5. The number of amides is 2. The summed E-state index contributed by atoms with van der Waals surface area (Å²) >= 11 is 0. The molecule has 2 saturated carbocycles. The Bertz CT molecular complexity index is 359. The number of carboxylic acid groups (broad SMARTS) is 1. The minimum Gasteiger partial charge on any atom is -0.480 e. The summed E-state index contributed by atoms with van der Waals surface area (Å²) in [6.45, 7) is 2.70. The molecule has 2 aliphatic carbocycles. The van der Waals surface area contributed by atoms with Crippen LogP contribution in [-0.4, -0.2) is 29.7 Å². The maximum atomic E-state index is 11.8. The molecular formula is C15H26N2O3. The average molecular weight is 282 g/mol. The SMILES string of the molecule is CCCC[C@H](NC(=O)NCC1CC2CCC1C2)C(=O)O. The number of carboxylic acids is 1. The number of nitrogens with one attached hydrogen (secondary N) is 2. The van der Waals surface area contributed by atoms with Crippen LogP contribution in [0.25, 0.3) is 0 Å². The van der Waals surface area contributed by atoms with Crippen LogP contribution in [0.4, 0.5) is 4.79 Å². The zero-order valence-corrected chi connectivity index (χ0v) is 12.2.